The van der Waals surface area contributed by atoms with Gasteiger partial charge in [-0.15, -0.1) is 6.58 Å². The normalized spacial score (nSPS) is 12.2. The third-order valence-corrected chi connectivity index (χ3v) is 4.32. The van der Waals surface area contributed by atoms with Gasteiger partial charge in [-0.2, -0.15) is 0 Å². The van der Waals surface area contributed by atoms with Crippen LogP contribution >= 0.6 is 0 Å². The topological polar surface area (TPSA) is 12.4 Å². The van der Waals surface area contributed by atoms with Crippen LogP contribution in [0.25, 0.3) is 11.2 Å². The lowest BCUT2D eigenvalue weighted by Gasteiger charge is -2.08. The van der Waals surface area contributed by atoms with E-state index < -0.39 is 0 Å². The smallest absolute Gasteiger partial charge is 0.215 e. The van der Waals surface area contributed by atoms with E-state index in [1.807, 2.05) is 27.7 Å². The summed E-state index contributed by atoms with van der Waals surface area (Å²) in [6.07, 6.45) is 1.93. The maximum absolute atomic E-state index is 4.94. The van der Waals surface area contributed by atoms with Crippen LogP contribution in [-0.4, -0.2) is 12.9 Å². The van der Waals surface area contributed by atoms with Crippen molar-refractivity contribution in [2.45, 2.75) is 61.3 Å². The summed E-state index contributed by atoms with van der Waals surface area (Å²) in [5.41, 5.74) is 9.59. The molecule has 2 aromatic carbocycles. The van der Waals surface area contributed by atoms with E-state index in [9.17, 15) is 0 Å². The van der Waals surface area contributed by atoms with Crippen LogP contribution in [0.4, 0.5) is 0 Å². The summed E-state index contributed by atoms with van der Waals surface area (Å²) in [6, 6.07) is 17.3. The van der Waals surface area contributed by atoms with Crippen molar-refractivity contribution in [3.8, 4) is 0 Å². The first-order valence-electron chi connectivity index (χ1n) is 10.5. The molecule has 1 nitrogen and oxygen atoms in total. The third-order valence-electron chi connectivity index (χ3n) is 4.32. The first-order chi connectivity index (χ1) is 13.5. The van der Waals surface area contributed by atoms with E-state index >= 15 is 0 Å². The molecule has 3 rings (SSSR count). The van der Waals surface area contributed by atoms with E-state index in [2.05, 4.69) is 83.2 Å². The molecule has 2 aromatic rings. The first-order valence-corrected chi connectivity index (χ1v) is 10.5. The van der Waals surface area contributed by atoms with Gasteiger partial charge in [-0.3, -0.25) is 4.99 Å². The van der Waals surface area contributed by atoms with Crippen LogP contribution < -0.4 is 0 Å². The van der Waals surface area contributed by atoms with Crippen molar-refractivity contribution in [1.82, 2.24) is 0 Å². The molecule has 0 fully saturated rings. The molecule has 0 unspecified atom stereocenters. The fourth-order valence-electron chi connectivity index (χ4n) is 2.83. The van der Waals surface area contributed by atoms with Crippen molar-refractivity contribution in [3.05, 3.63) is 82.9 Å². The lowest BCUT2D eigenvalue weighted by molar-refractivity contribution is 1.03. The fourth-order valence-corrected chi connectivity index (χ4v) is 2.83. The highest BCUT2D eigenvalue weighted by Gasteiger charge is 2.21. The minimum absolute atomic E-state index is 0.945. The van der Waals surface area contributed by atoms with Gasteiger partial charge in [0.2, 0.25) is 7.28 Å². The second kappa shape index (κ2) is 12.2. The average molecular weight is 372 g/mol. The largest absolute Gasteiger partial charge is 0.268 e. The van der Waals surface area contributed by atoms with Crippen molar-refractivity contribution in [2.24, 2.45) is 4.99 Å². The van der Waals surface area contributed by atoms with Gasteiger partial charge in [0.1, 0.15) is 0 Å². The Labute approximate surface area is 173 Å². The summed E-state index contributed by atoms with van der Waals surface area (Å²) in [5.74, 6) is 0. The number of hydrogen-bond acceptors (Lipinski definition) is 1. The van der Waals surface area contributed by atoms with Crippen LogP contribution in [0.2, 0.25) is 0 Å². The number of aliphatic imine (C=N–C) groups is 1. The molecular formula is C26H35BN. The van der Waals surface area contributed by atoms with Gasteiger partial charge in [0, 0.05) is 0 Å². The molecule has 0 aliphatic carbocycles. The van der Waals surface area contributed by atoms with Crippen LogP contribution in [-0.2, 0) is 0 Å². The van der Waals surface area contributed by atoms with Crippen LogP contribution in [0.1, 0.15) is 69.7 Å². The summed E-state index contributed by atoms with van der Waals surface area (Å²) < 4.78 is 0. The monoisotopic (exact) mass is 372 g/mol. The number of nitrogens with zero attached hydrogens (tertiary/aromatic N) is 1. The number of aryl methyl sites for hydroxylation is 2. The molecule has 0 N–H and O–H groups in total. The van der Waals surface area contributed by atoms with Crippen molar-refractivity contribution >= 4 is 24.1 Å². The van der Waals surface area contributed by atoms with E-state index in [0.717, 1.165) is 24.1 Å². The number of allylic oxidation sites excluding steroid dienone is 1. The van der Waals surface area contributed by atoms with Gasteiger partial charge >= 0.3 is 0 Å². The van der Waals surface area contributed by atoms with Gasteiger partial charge < -0.3 is 0 Å². The molecule has 0 atom stereocenters. The minimum Gasteiger partial charge on any atom is -0.268 e. The molecule has 0 aromatic heterocycles. The van der Waals surface area contributed by atoms with E-state index in [4.69, 9.17) is 4.99 Å². The number of hydrogen-bond donors (Lipinski definition) is 0. The lowest BCUT2D eigenvalue weighted by Crippen LogP contribution is -2.07. The minimum atomic E-state index is 0.945. The Morgan fingerprint density at radius 3 is 1.75 bits per heavy atom. The van der Waals surface area contributed by atoms with Gasteiger partial charge in [-0.25, -0.2) is 0 Å². The average Bonchev–Trinajstić information content (AvgIpc) is 3.15. The van der Waals surface area contributed by atoms with Gasteiger partial charge in [-0.05, 0) is 55.8 Å². The van der Waals surface area contributed by atoms with Gasteiger partial charge in [0.25, 0.3) is 0 Å². The molecule has 1 radical (unpaired) electrons. The maximum Gasteiger partial charge on any atom is 0.215 e. The Kier molecular flexibility index (Phi) is 10.3. The SMILES string of the molecule is C=C(C)CCC1=NC(c2ccc(C)cc2)=C(c2ccc(C)cc2)[B]1.CC.CC. The van der Waals surface area contributed by atoms with Crippen LogP contribution in [0.3, 0.4) is 0 Å². The van der Waals surface area contributed by atoms with Crippen LogP contribution in [0.15, 0.2) is 65.7 Å². The Hall–Kier alpha value is -2.35. The standard InChI is InChI=1S/C22H23BN.2C2H6/c1-15(2)5-14-20-23-21(18-10-6-16(3)7-11-18)22(24-20)19-12-8-17(4)9-13-19;2*1-2/h6-13H,1,5,14H2,2-4H3;2*1-2H3. The molecule has 0 amide bonds. The van der Waals surface area contributed by atoms with Gasteiger partial charge in [0.05, 0.1) is 5.70 Å². The third kappa shape index (κ3) is 6.67. The van der Waals surface area contributed by atoms with Crippen LogP contribution in [0, 0.1) is 13.8 Å². The zero-order chi connectivity index (χ0) is 21.1. The second-order valence-corrected chi connectivity index (χ2v) is 6.70. The fraction of sp³-hybridized carbons (Fsp3) is 0.346. The Morgan fingerprint density at radius 1 is 0.821 bits per heavy atom. The van der Waals surface area contributed by atoms with Crippen molar-refractivity contribution in [3.63, 3.8) is 0 Å². The molecule has 1 heterocycles. The summed E-state index contributed by atoms with van der Waals surface area (Å²) in [5, 5.41) is 0. The second-order valence-electron chi connectivity index (χ2n) is 6.70. The predicted octanol–water partition coefficient (Wildman–Crippen LogP) is 7.65. The highest BCUT2D eigenvalue weighted by atomic mass is 14.8. The quantitative estimate of drug-likeness (QED) is 0.377. The lowest BCUT2D eigenvalue weighted by atomic mass is 9.62. The molecule has 0 bridgehead atoms. The van der Waals surface area contributed by atoms with Crippen LogP contribution in [0.5, 0.6) is 0 Å². The zero-order valence-electron chi connectivity index (χ0n) is 18.8. The molecule has 28 heavy (non-hydrogen) atoms. The summed E-state index contributed by atoms with van der Waals surface area (Å²) in [7, 11) is 2.24. The molecule has 2 heteroatoms. The zero-order valence-corrected chi connectivity index (χ0v) is 18.8. The first kappa shape index (κ1) is 23.7. The molecule has 1 aliphatic rings. The predicted molar refractivity (Wildman–Crippen MR) is 129 cm³/mol. The molecule has 147 valence electrons. The Bertz CT molecular complexity index is 809. The highest BCUT2D eigenvalue weighted by molar-refractivity contribution is 6.93. The van der Waals surface area contributed by atoms with Gasteiger partial charge in [0.15, 0.2) is 0 Å². The number of rotatable bonds is 5. The van der Waals surface area contributed by atoms with Crippen molar-refractivity contribution in [2.75, 3.05) is 0 Å². The molecule has 0 spiro atoms. The maximum atomic E-state index is 4.94. The summed E-state index contributed by atoms with van der Waals surface area (Å²) in [4.78, 5) is 4.94. The molecule has 0 saturated heterocycles. The highest BCUT2D eigenvalue weighted by Crippen LogP contribution is 2.32. The molecule has 1 aliphatic heterocycles. The van der Waals surface area contributed by atoms with E-state index in [0.29, 0.717) is 0 Å². The summed E-state index contributed by atoms with van der Waals surface area (Å²) in [6.45, 7) is 18.3. The van der Waals surface area contributed by atoms with E-state index in [1.54, 1.807) is 0 Å². The Morgan fingerprint density at radius 2 is 1.29 bits per heavy atom. The molecular weight excluding hydrogens is 337 g/mol. The summed E-state index contributed by atoms with van der Waals surface area (Å²) >= 11 is 0. The van der Waals surface area contributed by atoms with E-state index in [-0.39, 0.29) is 0 Å². The van der Waals surface area contributed by atoms with E-state index in [1.165, 1.54) is 33.3 Å². The molecule has 0 saturated carbocycles. The van der Waals surface area contributed by atoms with Gasteiger partial charge in [-0.1, -0.05) is 92.9 Å². The van der Waals surface area contributed by atoms with Crippen molar-refractivity contribution < 1.29 is 0 Å². The number of benzene rings is 2. The van der Waals surface area contributed by atoms with Crippen molar-refractivity contribution in [1.29, 1.82) is 0 Å². The Balaban J connectivity index is 0.000000921.